The molecule has 0 spiro atoms. The lowest BCUT2D eigenvalue weighted by Crippen LogP contribution is -2.29. The van der Waals surface area contributed by atoms with Gasteiger partial charge in [0.15, 0.2) is 11.5 Å². The van der Waals surface area contributed by atoms with E-state index in [-0.39, 0.29) is 5.41 Å². The zero-order valence-electron chi connectivity index (χ0n) is 13.5. The summed E-state index contributed by atoms with van der Waals surface area (Å²) in [6.07, 6.45) is 4.18. The fourth-order valence-corrected chi connectivity index (χ4v) is 3.47. The molecule has 1 aromatic carbocycles. The maximum Gasteiger partial charge on any atom is 0.223 e. The number of hydrogen-bond acceptors (Lipinski definition) is 3. The molecule has 4 nitrogen and oxygen atoms in total. The highest BCUT2D eigenvalue weighted by atomic mass is 16.5. The van der Waals surface area contributed by atoms with Crippen LogP contribution in [0.3, 0.4) is 0 Å². The summed E-state index contributed by atoms with van der Waals surface area (Å²) in [7, 11) is 1.64. The number of rotatable bonds is 7. The molecule has 1 aliphatic heterocycles. The third-order valence-corrected chi connectivity index (χ3v) is 4.92. The fraction of sp³-hybridized carbons (Fsp3) is 0.611. The summed E-state index contributed by atoms with van der Waals surface area (Å²) in [6, 6.07) is 7.65. The van der Waals surface area contributed by atoms with E-state index in [1.54, 1.807) is 7.11 Å². The first-order valence-corrected chi connectivity index (χ1v) is 8.16. The van der Waals surface area contributed by atoms with Gasteiger partial charge >= 0.3 is 0 Å². The number of carbonyl (C=O) groups is 1. The van der Waals surface area contributed by atoms with Crippen LogP contribution < -0.4 is 9.47 Å². The number of para-hydroxylation sites is 2. The Labute approximate surface area is 132 Å². The highest BCUT2D eigenvalue weighted by Crippen LogP contribution is 2.50. The number of carbonyl (C=O) groups excluding carboxylic acids is 1. The van der Waals surface area contributed by atoms with Crippen molar-refractivity contribution in [2.75, 3.05) is 26.8 Å². The number of nitrogens with zero attached hydrogens (tertiary/aromatic N) is 1. The van der Waals surface area contributed by atoms with Gasteiger partial charge in [-0.05, 0) is 42.7 Å². The molecule has 1 heterocycles. The summed E-state index contributed by atoms with van der Waals surface area (Å²) < 4.78 is 11.0. The molecule has 1 amide bonds. The van der Waals surface area contributed by atoms with Crippen LogP contribution in [-0.4, -0.2) is 37.6 Å². The molecule has 120 valence electrons. The van der Waals surface area contributed by atoms with E-state index < -0.39 is 0 Å². The van der Waals surface area contributed by atoms with E-state index in [2.05, 4.69) is 6.92 Å². The molecule has 1 saturated heterocycles. The number of ether oxygens (including phenoxy) is 2. The molecule has 0 unspecified atom stereocenters. The second kappa shape index (κ2) is 6.19. The predicted octanol–water partition coefficient (Wildman–Crippen LogP) is 3.11. The number of benzene rings is 1. The molecule has 0 N–H and O–H groups in total. The van der Waals surface area contributed by atoms with Gasteiger partial charge in [-0.1, -0.05) is 19.1 Å². The Morgan fingerprint density at radius 2 is 2.00 bits per heavy atom. The van der Waals surface area contributed by atoms with Crippen LogP contribution in [0.2, 0.25) is 0 Å². The smallest absolute Gasteiger partial charge is 0.223 e. The molecule has 1 atom stereocenters. The molecule has 1 saturated carbocycles. The maximum absolute atomic E-state index is 12.2. The van der Waals surface area contributed by atoms with Crippen LogP contribution in [-0.2, 0) is 4.79 Å². The molecule has 0 radical (unpaired) electrons. The fourth-order valence-electron chi connectivity index (χ4n) is 3.47. The standard InChI is InChI=1S/C18H25NO3/c1-18(14-8-9-14)12-17(20)19(13-18)10-5-11-22-16-7-4-3-6-15(16)21-2/h3-4,6-7,14H,5,8-13H2,1-2H3/t18-/m1/s1. The van der Waals surface area contributed by atoms with Gasteiger partial charge in [0.25, 0.3) is 0 Å². The van der Waals surface area contributed by atoms with Gasteiger partial charge in [0.05, 0.1) is 13.7 Å². The summed E-state index contributed by atoms with van der Waals surface area (Å²) in [6.45, 7) is 4.58. The lowest BCUT2D eigenvalue weighted by Gasteiger charge is -2.23. The highest BCUT2D eigenvalue weighted by molar-refractivity contribution is 5.79. The van der Waals surface area contributed by atoms with Gasteiger partial charge in [0.1, 0.15) is 0 Å². The Hall–Kier alpha value is -1.71. The summed E-state index contributed by atoms with van der Waals surface area (Å²) in [5.41, 5.74) is 0.223. The third-order valence-electron chi connectivity index (χ3n) is 4.92. The van der Waals surface area contributed by atoms with Crippen molar-refractivity contribution in [2.45, 2.75) is 32.6 Å². The summed E-state index contributed by atoms with van der Waals surface area (Å²) in [5, 5.41) is 0. The van der Waals surface area contributed by atoms with Gasteiger partial charge in [-0.3, -0.25) is 4.79 Å². The first kappa shape index (κ1) is 15.2. The molecular weight excluding hydrogens is 278 g/mol. The van der Waals surface area contributed by atoms with Gasteiger partial charge in [-0.2, -0.15) is 0 Å². The molecule has 2 aliphatic rings. The predicted molar refractivity (Wildman–Crippen MR) is 85.1 cm³/mol. The number of amides is 1. The Morgan fingerprint density at radius 3 is 2.68 bits per heavy atom. The van der Waals surface area contributed by atoms with Crippen molar-refractivity contribution in [3.63, 3.8) is 0 Å². The van der Waals surface area contributed by atoms with E-state index in [0.29, 0.717) is 12.5 Å². The van der Waals surface area contributed by atoms with Crippen molar-refractivity contribution >= 4 is 5.91 Å². The average Bonchev–Trinajstić information content (AvgIpc) is 3.32. The average molecular weight is 303 g/mol. The largest absolute Gasteiger partial charge is 0.493 e. The number of hydrogen-bond donors (Lipinski definition) is 0. The molecule has 0 aromatic heterocycles. The normalized spacial score (nSPS) is 24.6. The second-order valence-electron chi connectivity index (χ2n) is 6.77. The van der Waals surface area contributed by atoms with Crippen molar-refractivity contribution in [1.29, 1.82) is 0 Å². The summed E-state index contributed by atoms with van der Waals surface area (Å²) >= 11 is 0. The summed E-state index contributed by atoms with van der Waals surface area (Å²) in [4.78, 5) is 14.2. The third kappa shape index (κ3) is 3.21. The monoisotopic (exact) mass is 303 g/mol. The molecule has 1 aliphatic carbocycles. The van der Waals surface area contributed by atoms with Crippen LogP contribution in [0.1, 0.15) is 32.6 Å². The van der Waals surface area contributed by atoms with Gasteiger partial charge in [0.2, 0.25) is 5.91 Å². The number of methoxy groups -OCH3 is 1. The van der Waals surface area contributed by atoms with Crippen molar-refractivity contribution in [3.8, 4) is 11.5 Å². The van der Waals surface area contributed by atoms with Crippen LogP contribution in [0.5, 0.6) is 11.5 Å². The quantitative estimate of drug-likeness (QED) is 0.727. The van der Waals surface area contributed by atoms with Crippen LogP contribution in [0.25, 0.3) is 0 Å². The van der Waals surface area contributed by atoms with E-state index in [0.717, 1.165) is 43.3 Å². The molecule has 4 heteroatoms. The van der Waals surface area contributed by atoms with E-state index in [1.807, 2.05) is 29.2 Å². The van der Waals surface area contributed by atoms with Crippen molar-refractivity contribution in [3.05, 3.63) is 24.3 Å². The van der Waals surface area contributed by atoms with E-state index in [4.69, 9.17) is 9.47 Å². The highest BCUT2D eigenvalue weighted by Gasteiger charge is 2.48. The first-order chi connectivity index (χ1) is 10.6. The van der Waals surface area contributed by atoms with Crippen LogP contribution in [0.4, 0.5) is 0 Å². The lowest BCUT2D eigenvalue weighted by atomic mass is 9.84. The lowest BCUT2D eigenvalue weighted by molar-refractivity contribution is -0.127. The Morgan fingerprint density at radius 1 is 1.27 bits per heavy atom. The maximum atomic E-state index is 12.2. The van der Waals surface area contributed by atoms with Crippen molar-refractivity contribution in [1.82, 2.24) is 4.90 Å². The minimum Gasteiger partial charge on any atom is -0.493 e. The van der Waals surface area contributed by atoms with E-state index in [1.165, 1.54) is 12.8 Å². The molecular formula is C18H25NO3. The zero-order chi connectivity index (χ0) is 15.6. The topological polar surface area (TPSA) is 38.8 Å². The zero-order valence-corrected chi connectivity index (χ0v) is 13.5. The van der Waals surface area contributed by atoms with Crippen LogP contribution in [0.15, 0.2) is 24.3 Å². The minimum atomic E-state index is 0.223. The van der Waals surface area contributed by atoms with Crippen molar-refractivity contribution < 1.29 is 14.3 Å². The van der Waals surface area contributed by atoms with E-state index in [9.17, 15) is 4.79 Å². The molecule has 0 bridgehead atoms. The van der Waals surface area contributed by atoms with Gasteiger partial charge < -0.3 is 14.4 Å². The first-order valence-electron chi connectivity index (χ1n) is 8.16. The molecule has 22 heavy (non-hydrogen) atoms. The van der Waals surface area contributed by atoms with Crippen LogP contribution in [0, 0.1) is 11.3 Å². The van der Waals surface area contributed by atoms with Crippen molar-refractivity contribution in [2.24, 2.45) is 11.3 Å². The number of likely N-dealkylation sites (tertiary alicyclic amines) is 1. The Kier molecular flexibility index (Phi) is 4.27. The SMILES string of the molecule is COc1ccccc1OCCCN1C[C@](C)(C2CC2)CC1=O. The van der Waals surface area contributed by atoms with E-state index >= 15 is 0 Å². The van der Waals surface area contributed by atoms with Gasteiger partial charge in [-0.15, -0.1) is 0 Å². The van der Waals surface area contributed by atoms with Gasteiger partial charge in [0, 0.05) is 19.5 Å². The van der Waals surface area contributed by atoms with Crippen LogP contribution >= 0.6 is 0 Å². The summed E-state index contributed by atoms with van der Waals surface area (Å²) in [5.74, 6) is 2.60. The Bertz CT molecular complexity index is 541. The minimum absolute atomic E-state index is 0.223. The molecule has 1 aromatic rings. The van der Waals surface area contributed by atoms with Gasteiger partial charge in [-0.25, -0.2) is 0 Å². The Balaban J connectivity index is 1.44. The second-order valence-corrected chi connectivity index (χ2v) is 6.77. The molecule has 2 fully saturated rings. The molecule has 3 rings (SSSR count).